The van der Waals surface area contributed by atoms with Gasteiger partial charge >= 0.3 is 0 Å². The Labute approximate surface area is 41.5 Å². The second kappa shape index (κ2) is 1.84. The number of rotatable bonds is 1. The number of hydrogen-bond donors (Lipinski definition) is 1. The monoisotopic (exact) mass is 98.0 g/mol. The Morgan fingerprint density at radius 3 is 3.00 bits per heavy atom. The van der Waals surface area contributed by atoms with Crippen LogP contribution in [0.5, 0.6) is 0 Å². The van der Waals surface area contributed by atoms with E-state index in [4.69, 9.17) is 10.1 Å². The van der Waals surface area contributed by atoms with Crippen LogP contribution in [0.1, 0.15) is 0 Å². The number of ether oxygens (including phenoxy) is 1. The van der Waals surface area contributed by atoms with E-state index in [9.17, 15) is 0 Å². The van der Waals surface area contributed by atoms with Crippen molar-refractivity contribution in [3.63, 3.8) is 0 Å². The average molecular weight is 98.1 g/mol. The van der Waals surface area contributed by atoms with E-state index in [1.165, 1.54) is 6.21 Å². The van der Waals surface area contributed by atoms with Crippen LogP contribution < -0.4 is 0 Å². The van der Waals surface area contributed by atoms with Gasteiger partial charge in [0.1, 0.15) is 6.73 Å². The van der Waals surface area contributed by atoms with Gasteiger partial charge in [0.25, 0.3) is 0 Å². The van der Waals surface area contributed by atoms with Gasteiger partial charge in [-0.2, -0.15) is 0 Å². The first-order valence-corrected chi connectivity index (χ1v) is 2.05. The van der Waals surface area contributed by atoms with E-state index in [0.717, 1.165) is 5.71 Å². The van der Waals surface area contributed by atoms with Crippen molar-refractivity contribution in [2.24, 2.45) is 4.99 Å². The van der Waals surface area contributed by atoms with Gasteiger partial charge in [-0.1, -0.05) is 0 Å². The van der Waals surface area contributed by atoms with Gasteiger partial charge in [-0.3, -0.25) is 4.99 Å². The maximum absolute atomic E-state index is 6.66. The predicted octanol–water partition coefficient (Wildman–Crippen LogP) is 0.0647. The molecule has 38 valence electrons. The standard InChI is InChI=1S/C4H6N2O/c5-1-4-2-7-3-6-4/h1,5H,2-3H2. The highest BCUT2D eigenvalue weighted by molar-refractivity contribution is 6.30. The van der Waals surface area contributed by atoms with Gasteiger partial charge in [-0.25, -0.2) is 0 Å². The van der Waals surface area contributed by atoms with Gasteiger partial charge in [-0.15, -0.1) is 0 Å². The lowest BCUT2D eigenvalue weighted by Crippen LogP contribution is -1.99. The molecule has 3 heteroatoms. The molecule has 0 unspecified atom stereocenters. The summed E-state index contributed by atoms with van der Waals surface area (Å²) >= 11 is 0. The van der Waals surface area contributed by atoms with Crippen LogP contribution in [-0.2, 0) is 4.74 Å². The molecule has 1 aliphatic rings. The van der Waals surface area contributed by atoms with Gasteiger partial charge in [0.2, 0.25) is 0 Å². The van der Waals surface area contributed by atoms with Crippen LogP contribution in [0.4, 0.5) is 0 Å². The molecule has 3 nitrogen and oxygen atoms in total. The van der Waals surface area contributed by atoms with Crippen molar-refractivity contribution in [3.05, 3.63) is 0 Å². The zero-order chi connectivity index (χ0) is 5.11. The Morgan fingerprint density at radius 2 is 2.71 bits per heavy atom. The van der Waals surface area contributed by atoms with Crippen LogP contribution >= 0.6 is 0 Å². The van der Waals surface area contributed by atoms with Crippen molar-refractivity contribution < 1.29 is 4.74 Å². The molecule has 1 rings (SSSR count). The third kappa shape index (κ3) is 0.838. The molecule has 0 aromatic carbocycles. The zero-order valence-electron chi connectivity index (χ0n) is 3.85. The summed E-state index contributed by atoms with van der Waals surface area (Å²) in [5.41, 5.74) is 0.736. The number of nitrogens with zero attached hydrogens (tertiary/aromatic N) is 1. The van der Waals surface area contributed by atoms with Crippen molar-refractivity contribution in [2.45, 2.75) is 0 Å². The maximum atomic E-state index is 6.66. The van der Waals surface area contributed by atoms with E-state index in [1.54, 1.807) is 0 Å². The van der Waals surface area contributed by atoms with Gasteiger partial charge in [-0.05, 0) is 0 Å². The summed E-state index contributed by atoms with van der Waals surface area (Å²) in [5, 5.41) is 6.66. The minimum atomic E-state index is 0.435. The quantitative estimate of drug-likeness (QED) is 0.463. The molecular formula is C4H6N2O. The molecule has 0 fully saturated rings. The summed E-state index contributed by atoms with van der Waals surface area (Å²) in [6.07, 6.45) is 1.22. The smallest absolute Gasteiger partial charge is 0.138 e. The highest BCUT2D eigenvalue weighted by Crippen LogP contribution is 1.88. The highest BCUT2D eigenvalue weighted by atomic mass is 16.5. The molecule has 0 aromatic heterocycles. The van der Waals surface area contributed by atoms with Crippen LogP contribution in [0.25, 0.3) is 0 Å². The fourth-order valence-corrected chi connectivity index (χ4v) is 0.412. The lowest BCUT2D eigenvalue weighted by Gasteiger charge is -1.80. The summed E-state index contributed by atoms with van der Waals surface area (Å²) < 4.78 is 4.79. The maximum Gasteiger partial charge on any atom is 0.138 e. The van der Waals surface area contributed by atoms with E-state index in [-0.39, 0.29) is 0 Å². The third-order valence-electron chi connectivity index (χ3n) is 0.775. The van der Waals surface area contributed by atoms with Crippen molar-refractivity contribution in [2.75, 3.05) is 13.3 Å². The van der Waals surface area contributed by atoms with Crippen LogP contribution in [0, 0.1) is 5.41 Å². The van der Waals surface area contributed by atoms with E-state index in [2.05, 4.69) is 4.99 Å². The molecule has 0 bridgehead atoms. The summed E-state index contributed by atoms with van der Waals surface area (Å²) in [4.78, 5) is 3.81. The molecular weight excluding hydrogens is 92.1 g/mol. The fourth-order valence-electron chi connectivity index (χ4n) is 0.412. The van der Waals surface area contributed by atoms with Gasteiger partial charge in [0.15, 0.2) is 0 Å². The molecule has 0 saturated heterocycles. The summed E-state index contributed by atoms with van der Waals surface area (Å²) in [6, 6.07) is 0. The normalized spacial score (nSPS) is 19.1. The summed E-state index contributed by atoms with van der Waals surface area (Å²) in [5.74, 6) is 0. The van der Waals surface area contributed by atoms with Crippen molar-refractivity contribution in [1.82, 2.24) is 0 Å². The molecule has 0 spiro atoms. The number of aliphatic imine (C=N–C) groups is 1. The lowest BCUT2D eigenvalue weighted by molar-refractivity contribution is 0.203. The first-order valence-electron chi connectivity index (χ1n) is 2.05. The minimum Gasteiger partial charge on any atom is -0.353 e. The SMILES string of the molecule is N=CC1=NCOC1. The van der Waals surface area contributed by atoms with Crippen molar-refractivity contribution in [1.29, 1.82) is 5.41 Å². The topological polar surface area (TPSA) is 45.4 Å². The number of nitrogens with one attached hydrogen (secondary N) is 1. The van der Waals surface area contributed by atoms with Gasteiger partial charge in [0, 0.05) is 6.21 Å². The first-order chi connectivity index (χ1) is 3.43. The zero-order valence-corrected chi connectivity index (χ0v) is 3.85. The third-order valence-corrected chi connectivity index (χ3v) is 0.775. The van der Waals surface area contributed by atoms with Crippen LogP contribution in [0.2, 0.25) is 0 Å². The van der Waals surface area contributed by atoms with E-state index < -0.39 is 0 Å². The van der Waals surface area contributed by atoms with E-state index in [0.29, 0.717) is 13.3 Å². The largest absolute Gasteiger partial charge is 0.353 e. The lowest BCUT2D eigenvalue weighted by atomic mass is 10.4. The summed E-state index contributed by atoms with van der Waals surface area (Å²) in [7, 11) is 0. The first kappa shape index (κ1) is 4.46. The molecule has 1 N–H and O–H groups in total. The molecule has 0 radical (unpaired) electrons. The van der Waals surface area contributed by atoms with Crippen LogP contribution in [-0.4, -0.2) is 25.3 Å². The van der Waals surface area contributed by atoms with Crippen LogP contribution in [0.15, 0.2) is 4.99 Å². The molecule has 7 heavy (non-hydrogen) atoms. The molecule has 1 aliphatic heterocycles. The fraction of sp³-hybridized carbons (Fsp3) is 0.500. The van der Waals surface area contributed by atoms with E-state index in [1.807, 2.05) is 0 Å². The number of hydrogen-bond acceptors (Lipinski definition) is 3. The molecule has 0 atom stereocenters. The average Bonchev–Trinajstić information content (AvgIpc) is 2.14. The van der Waals surface area contributed by atoms with Gasteiger partial charge in [0.05, 0.1) is 12.3 Å². The Balaban J connectivity index is 2.51. The summed E-state index contributed by atoms with van der Waals surface area (Å²) in [6.45, 7) is 0.953. The molecule has 0 aliphatic carbocycles. The second-order valence-corrected chi connectivity index (χ2v) is 1.27. The molecule has 0 amide bonds. The Bertz CT molecular complexity index is 108. The minimum absolute atomic E-state index is 0.435. The van der Waals surface area contributed by atoms with E-state index >= 15 is 0 Å². The Morgan fingerprint density at radius 1 is 1.86 bits per heavy atom. The van der Waals surface area contributed by atoms with Crippen molar-refractivity contribution in [3.8, 4) is 0 Å². The predicted molar refractivity (Wildman–Crippen MR) is 27.0 cm³/mol. The Kier molecular flexibility index (Phi) is 1.17. The Hall–Kier alpha value is -0.700. The molecule has 0 saturated carbocycles. The molecule has 1 heterocycles. The van der Waals surface area contributed by atoms with Crippen LogP contribution in [0.3, 0.4) is 0 Å². The van der Waals surface area contributed by atoms with Crippen molar-refractivity contribution >= 4 is 11.9 Å². The van der Waals surface area contributed by atoms with Gasteiger partial charge < -0.3 is 10.1 Å². The second-order valence-electron chi connectivity index (χ2n) is 1.27. The highest BCUT2D eigenvalue weighted by Gasteiger charge is 1.99. The molecule has 0 aromatic rings.